The first-order chi connectivity index (χ1) is 9.03. The molecule has 0 aliphatic carbocycles. The molecule has 0 saturated heterocycles. The van der Waals surface area contributed by atoms with Crippen LogP contribution in [-0.2, 0) is 14.6 Å². The summed E-state index contributed by atoms with van der Waals surface area (Å²) in [5, 5.41) is 1.17. The van der Waals surface area contributed by atoms with Crippen LogP contribution in [0.5, 0.6) is 0 Å². The highest BCUT2D eigenvalue weighted by molar-refractivity contribution is 7.94. The van der Waals surface area contributed by atoms with E-state index in [1.54, 1.807) is 18.2 Å². The lowest BCUT2D eigenvalue weighted by molar-refractivity contribution is -0.118. The van der Waals surface area contributed by atoms with Gasteiger partial charge in [0.15, 0.2) is 9.84 Å². The van der Waals surface area contributed by atoms with Crippen LogP contribution < -0.4 is 4.90 Å². The molecule has 0 spiro atoms. The lowest BCUT2D eigenvalue weighted by Crippen LogP contribution is -2.41. The fourth-order valence-electron chi connectivity index (χ4n) is 2.03. The number of hydrogen-bond donors (Lipinski definition) is 0. The van der Waals surface area contributed by atoms with Crippen LogP contribution in [0.1, 0.15) is 6.42 Å². The van der Waals surface area contributed by atoms with Gasteiger partial charge in [0.1, 0.15) is 0 Å². The highest BCUT2D eigenvalue weighted by atomic mass is 35.5. The van der Waals surface area contributed by atoms with Crippen molar-refractivity contribution in [2.45, 2.75) is 12.5 Å². The van der Waals surface area contributed by atoms with Crippen molar-refractivity contribution in [3.05, 3.63) is 41.8 Å². The molecule has 19 heavy (non-hydrogen) atoms. The smallest absolute Gasteiger partial charge is 0.228 e. The van der Waals surface area contributed by atoms with E-state index >= 15 is 0 Å². The Kier molecular flexibility index (Phi) is 4.27. The third-order valence-corrected chi connectivity index (χ3v) is 4.42. The van der Waals surface area contributed by atoms with Gasteiger partial charge < -0.3 is 4.90 Å². The number of nitrogens with zero attached hydrogens (tertiary/aromatic N) is 1. The summed E-state index contributed by atoms with van der Waals surface area (Å²) in [7, 11) is -3.20. The highest BCUT2D eigenvalue weighted by Gasteiger charge is 2.30. The van der Waals surface area contributed by atoms with Crippen LogP contribution in [0.4, 0.5) is 5.69 Å². The average Bonchev–Trinajstić information content (AvgIpc) is 2.71. The molecule has 1 amide bonds. The molecule has 0 bridgehead atoms. The van der Waals surface area contributed by atoms with Crippen molar-refractivity contribution >= 4 is 33.0 Å². The Labute approximate surface area is 117 Å². The molecule has 2 rings (SSSR count). The van der Waals surface area contributed by atoms with Crippen LogP contribution >= 0.6 is 11.6 Å². The van der Waals surface area contributed by atoms with Crippen molar-refractivity contribution in [2.24, 2.45) is 0 Å². The van der Waals surface area contributed by atoms with E-state index in [2.05, 4.69) is 0 Å². The van der Waals surface area contributed by atoms with Gasteiger partial charge in [0, 0.05) is 23.4 Å². The summed E-state index contributed by atoms with van der Waals surface area (Å²) in [6.45, 7) is 0. The first-order valence-corrected chi connectivity index (χ1v) is 8.12. The molecule has 0 aromatic heterocycles. The van der Waals surface area contributed by atoms with Crippen molar-refractivity contribution in [1.29, 1.82) is 0 Å². The quantitative estimate of drug-likeness (QED) is 0.799. The van der Waals surface area contributed by atoms with Gasteiger partial charge in [-0.2, -0.15) is 0 Å². The van der Waals surface area contributed by atoms with Crippen molar-refractivity contribution in [3.63, 3.8) is 0 Å². The zero-order valence-electron chi connectivity index (χ0n) is 10.2. The van der Waals surface area contributed by atoms with Crippen molar-refractivity contribution < 1.29 is 13.2 Å². The normalized spacial score (nSPS) is 20.4. The van der Waals surface area contributed by atoms with Gasteiger partial charge in [-0.15, -0.1) is 11.6 Å². The molecule has 6 heteroatoms. The summed E-state index contributed by atoms with van der Waals surface area (Å²) < 4.78 is 23.0. The molecule has 0 unspecified atom stereocenters. The Hall–Kier alpha value is -1.33. The Morgan fingerprint density at radius 2 is 2.00 bits per heavy atom. The number of halogens is 1. The lowest BCUT2D eigenvalue weighted by Gasteiger charge is -2.27. The maximum Gasteiger partial charge on any atom is 0.228 e. The van der Waals surface area contributed by atoms with Gasteiger partial charge in [0.25, 0.3) is 0 Å². The van der Waals surface area contributed by atoms with E-state index in [1.807, 2.05) is 18.2 Å². The van der Waals surface area contributed by atoms with Crippen LogP contribution in [0.15, 0.2) is 41.8 Å². The fourth-order valence-corrected chi connectivity index (χ4v) is 3.46. The molecule has 1 aliphatic heterocycles. The van der Waals surface area contributed by atoms with E-state index in [4.69, 9.17) is 11.6 Å². The first-order valence-electron chi connectivity index (χ1n) is 5.87. The van der Waals surface area contributed by atoms with Crippen molar-refractivity contribution in [1.82, 2.24) is 0 Å². The topological polar surface area (TPSA) is 54.5 Å². The number of sulfone groups is 1. The minimum absolute atomic E-state index is 0.0735. The van der Waals surface area contributed by atoms with E-state index in [0.717, 1.165) is 0 Å². The SMILES string of the molecule is O=C(CCCl)N(c1ccccc1)[C@@H]1C=CS(=O)(=O)C1. The second kappa shape index (κ2) is 5.75. The largest absolute Gasteiger partial charge is 0.304 e. The van der Waals surface area contributed by atoms with Crippen LogP contribution in [0.3, 0.4) is 0 Å². The Balaban J connectivity index is 2.31. The van der Waals surface area contributed by atoms with E-state index in [1.165, 1.54) is 10.3 Å². The second-order valence-corrected chi connectivity index (χ2v) is 6.57. The molecule has 1 atom stereocenters. The minimum Gasteiger partial charge on any atom is -0.304 e. The van der Waals surface area contributed by atoms with Crippen LogP contribution in [0.25, 0.3) is 0 Å². The monoisotopic (exact) mass is 299 g/mol. The van der Waals surface area contributed by atoms with Gasteiger partial charge in [-0.3, -0.25) is 4.79 Å². The Morgan fingerprint density at radius 3 is 2.53 bits per heavy atom. The number of alkyl halides is 1. The second-order valence-electron chi connectivity index (χ2n) is 4.26. The zero-order chi connectivity index (χ0) is 13.9. The number of benzene rings is 1. The Bertz CT molecular complexity index is 583. The molecule has 0 N–H and O–H groups in total. The van der Waals surface area contributed by atoms with Gasteiger partial charge in [-0.05, 0) is 18.2 Å². The Morgan fingerprint density at radius 1 is 1.32 bits per heavy atom. The van der Waals surface area contributed by atoms with Gasteiger partial charge in [0.2, 0.25) is 5.91 Å². The fraction of sp³-hybridized carbons (Fsp3) is 0.308. The highest BCUT2D eigenvalue weighted by Crippen LogP contribution is 2.23. The molecule has 1 heterocycles. The van der Waals surface area contributed by atoms with Gasteiger partial charge in [-0.1, -0.05) is 18.2 Å². The van der Waals surface area contributed by atoms with Crippen LogP contribution in [0.2, 0.25) is 0 Å². The third-order valence-electron chi connectivity index (χ3n) is 2.85. The van der Waals surface area contributed by atoms with Crippen molar-refractivity contribution in [2.75, 3.05) is 16.5 Å². The zero-order valence-corrected chi connectivity index (χ0v) is 11.8. The summed E-state index contributed by atoms with van der Waals surface area (Å²) in [5.74, 6) is -0.0330. The number of carbonyl (C=O) groups excluding carboxylic acids is 1. The van der Waals surface area contributed by atoms with E-state index < -0.39 is 15.9 Å². The van der Waals surface area contributed by atoms with E-state index in [9.17, 15) is 13.2 Å². The van der Waals surface area contributed by atoms with Gasteiger partial charge in [-0.25, -0.2) is 8.42 Å². The summed E-state index contributed by atoms with van der Waals surface area (Å²) in [6.07, 6.45) is 1.73. The molecule has 1 aromatic carbocycles. The maximum absolute atomic E-state index is 12.2. The lowest BCUT2D eigenvalue weighted by atomic mass is 10.2. The summed E-state index contributed by atoms with van der Waals surface area (Å²) in [4.78, 5) is 13.7. The number of hydrogen-bond acceptors (Lipinski definition) is 3. The number of carbonyl (C=O) groups is 1. The molecule has 0 fully saturated rings. The summed E-state index contributed by atoms with van der Waals surface area (Å²) in [5.41, 5.74) is 0.685. The van der Waals surface area contributed by atoms with Gasteiger partial charge >= 0.3 is 0 Å². The number of anilines is 1. The molecule has 0 radical (unpaired) electrons. The summed E-state index contributed by atoms with van der Waals surface area (Å²) in [6, 6.07) is 8.57. The van der Waals surface area contributed by atoms with E-state index in [-0.39, 0.29) is 24.0 Å². The average molecular weight is 300 g/mol. The van der Waals surface area contributed by atoms with E-state index in [0.29, 0.717) is 5.69 Å². The number of rotatable bonds is 4. The molecule has 4 nitrogen and oxygen atoms in total. The standard InChI is InChI=1S/C13H14ClNO3S/c14-8-6-13(16)15(11-4-2-1-3-5-11)12-7-9-19(17,18)10-12/h1-5,7,9,12H,6,8,10H2/t12-/m1/s1. The van der Waals surface area contributed by atoms with Crippen LogP contribution in [-0.4, -0.2) is 32.0 Å². The molecule has 0 saturated carbocycles. The summed E-state index contributed by atoms with van der Waals surface area (Å²) >= 11 is 5.61. The molecule has 1 aromatic rings. The molecular weight excluding hydrogens is 286 g/mol. The first kappa shape index (κ1) is 14.1. The minimum atomic E-state index is -3.20. The number of amides is 1. The predicted molar refractivity (Wildman–Crippen MR) is 76.0 cm³/mol. The maximum atomic E-state index is 12.2. The number of para-hydroxylation sites is 1. The molecule has 102 valence electrons. The van der Waals surface area contributed by atoms with Gasteiger partial charge in [0.05, 0.1) is 11.8 Å². The third kappa shape index (κ3) is 3.36. The predicted octanol–water partition coefficient (Wildman–Crippen LogP) is 1.96. The van der Waals surface area contributed by atoms with Crippen molar-refractivity contribution in [3.8, 4) is 0 Å². The molecular formula is C13H14ClNO3S. The van der Waals surface area contributed by atoms with Crippen LogP contribution in [0, 0.1) is 0 Å². The molecule has 1 aliphatic rings.